The van der Waals surface area contributed by atoms with E-state index in [4.69, 9.17) is 5.73 Å². The summed E-state index contributed by atoms with van der Waals surface area (Å²) >= 11 is 0. The lowest BCUT2D eigenvalue weighted by Gasteiger charge is -2.27. The molecule has 0 spiro atoms. The van der Waals surface area contributed by atoms with Gasteiger partial charge in [-0.2, -0.15) is 0 Å². The van der Waals surface area contributed by atoms with Gasteiger partial charge in [-0.1, -0.05) is 48.0 Å². The molecular formula is C19H25N3O. The zero-order valence-corrected chi connectivity index (χ0v) is 14.0. The van der Waals surface area contributed by atoms with Crippen LogP contribution in [0.5, 0.6) is 0 Å². The second-order valence-electron chi connectivity index (χ2n) is 5.93. The summed E-state index contributed by atoms with van der Waals surface area (Å²) < 4.78 is 0. The normalized spacial score (nSPS) is 13.2. The van der Waals surface area contributed by atoms with Gasteiger partial charge in [-0.15, -0.1) is 0 Å². The van der Waals surface area contributed by atoms with Gasteiger partial charge < -0.3 is 16.0 Å². The van der Waals surface area contributed by atoms with E-state index in [1.54, 1.807) is 0 Å². The molecule has 0 aliphatic carbocycles. The highest BCUT2D eigenvalue weighted by Gasteiger charge is 2.17. The second-order valence-corrected chi connectivity index (χ2v) is 5.93. The number of anilines is 1. The quantitative estimate of drug-likeness (QED) is 0.862. The molecule has 0 aliphatic heterocycles. The summed E-state index contributed by atoms with van der Waals surface area (Å²) in [6.45, 7) is 4.63. The number of amides is 1. The first-order chi connectivity index (χ1) is 11.0. The molecule has 2 atom stereocenters. The average molecular weight is 311 g/mol. The summed E-state index contributed by atoms with van der Waals surface area (Å²) in [6, 6.07) is 17.4. The predicted octanol–water partition coefficient (Wildman–Crippen LogP) is 2.64. The molecule has 0 fully saturated rings. The SMILES string of the molecule is Cc1ccc(C(N)C(=O)NCC(C)N(C)c2ccccc2)cc1. The smallest absolute Gasteiger partial charge is 0.241 e. The van der Waals surface area contributed by atoms with Crippen LogP contribution in [-0.2, 0) is 4.79 Å². The summed E-state index contributed by atoms with van der Waals surface area (Å²) in [5.41, 5.74) is 9.14. The van der Waals surface area contributed by atoms with Gasteiger partial charge in [0.15, 0.2) is 0 Å². The molecular weight excluding hydrogens is 286 g/mol. The lowest BCUT2D eigenvalue weighted by molar-refractivity contribution is -0.122. The highest BCUT2D eigenvalue weighted by molar-refractivity contribution is 5.83. The molecule has 0 saturated heterocycles. The molecule has 0 saturated carbocycles. The van der Waals surface area contributed by atoms with Crippen LogP contribution >= 0.6 is 0 Å². The van der Waals surface area contributed by atoms with Crippen molar-refractivity contribution in [3.05, 3.63) is 65.7 Å². The molecule has 2 aromatic rings. The second kappa shape index (κ2) is 7.79. The predicted molar refractivity (Wildman–Crippen MR) is 95.4 cm³/mol. The molecule has 4 nitrogen and oxygen atoms in total. The van der Waals surface area contributed by atoms with Crippen LogP contribution in [0.15, 0.2) is 54.6 Å². The van der Waals surface area contributed by atoms with Gasteiger partial charge in [0.25, 0.3) is 0 Å². The van der Waals surface area contributed by atoms with Crippen LogP contribution in [0.1, 0.15) is 24.1 Å². The number of aryl methyl sites for hydroxylation is 1. The molecule has 0 aromatic heterocycles. The Kier molecular flexibility index (Phi) is 5.77. The van der Waals surface area contributed by atoms with Crippen molar-refractivity contribution in [2.45, 2.75) is 25.9 Å². The minimum Gasteiger partial charge on any atom is -0.370 e. The Bertz CT molecular complexity index is 625. The molecule has 2 aromatic carbocycles. The Balaban J connectivity index is 1.89. The first kappa shape index (κ1) is 17.0. The van der Waals surface area contributed by atoms with Crippen LogP contribution in [0.4, 0.5) is 5.69 Å². The van der Waals surface area contributed by atoms with E-state index in [0.29, 0.717) is 6.54 Å². The van der Waals surface area contributed by atoms with Crippen LogP contribution in [-0.4, -0.2) is 25.5 Å². The Morgan fingerprint density at radius 3 is 2.35 bits per heavy atom. The van der Waals surface area contributed by atoms with Crippen LogP contribution < -0.4 is 16.0 Å². The summed E-state index contributed by atoms with van der Waals surface area (Å²) in [5, 5.41) is 2.94. The third-order valence-electron chi connectivity index (χ3n) is 4.12. The molecule has 2 rings (SSSR count). The Morgan fingerprint density at radius 2 is 1.74 bits per heavy atom. The Labute approximate surface area is 138 Å². The van der Waals surface area contributed by atoms with Crippen LogP contribution in [0.3, 0.4) is 0 Å². The number of benzene rings is 2. The molecule has 2 unspecified atom stereocenters. The Morgan fingerprint density at radius 1 is 1.13 bits per heavy atom. The molecule has 0 aliphatic rings. The minimum absolute atomic E-state index is 0.151. The number of nitrogens with two attached hydrogens (primary N) is 1. The lowest BCUT2D eigenvalue weighted by atomic mass is 10.1. The number of nitrogens with zero attached hydrogens (tertiary/aromatic N) is 1. The van der Waals surface area contributed by atoms with E-state index in [0.717, 1.165) is 16.8 Å². The molecule has 23 heavy (non-hydrogen) atoms. The molecule has 0 radical (unpaired) electrons. The van der Waals surface area contributed by atoms with Gasteiger partial charge in [0, 0.05) is 25.3 Å². The maximum Gasteiger partial charge on any atom is 0.241 e. The van der Waals surface area contributed by atoms with Gasteiger partial charge in [-0.25, -0.2) is 0 Å². The Hall–Kier alpha value is -2.33. The summed E-state index contributed by atoms with van der Waals surface area (Å²) in [7, 11) is 2.02. The average Bonchev–Trinajstić information content (AvgIpc) is 2.59. The molecule has 4 heteroatoms. The molecule has 122 valence electrons. The van der Waals surface area contributed by atoms with Crippen molar-refractivity contribution >= 4 is 11.6 Å². The van der Waals surface area contributed by atoms with E-state index >= 15 is 0 Å². The van der Waals surface area contributed by atoms with E-state index in [9.17, 15) is 4.79 Å². The fraction of sp³-hybridized carbons (Fsp3) is 0.316. The van der Waals surface area contributed by atoms with E-state index in [2.05, 4.69) is 29.3 Å². The van der Waals surface area contributed by atoms with Gasteiger partial charge in [-0.3, -0.25) is 4.79 Å². The van der Waals surface area contributed by atoms with E-state index in [1.807, 2.05) is 56.4 Å². The van der Waals surface area contributed by atoms with Crippen molar-refractivity contribution in [2.24, 2.45) is 5.73 Å². The van der Waals surface area contributed by atoms with Crippen LogP contribution in [0.25, 0.3) is 0 Å². The summed E-state index contributed by atoms with van der Waals surface area (Å²) in [5.74, 6) is -0.151. The monoisotopic (exact) mass is 311 g/mol. The number of hydrogen-bond donors (Lipinski definition) is 2. The summed E-state index contributed by atoms with van der Waals surface area (Å²) in [6.07, 6.45) is 0. The van der Waals surface area contributed by atoms with E-state index in [1.165, 1.54) is 0 Å². The highest BCUT2D eigenvalue weighted by Crippen LogP contribution is 2.14. The maximum atomic E-state index is 12.2. The van der Waals surface area contributed by atoms with Crippen LogP contribution in [0, 0.1) is 6.92 Å². The van der Waals surface area contributed by atoms with Crippen molar-refractivity contribution < 1.29 is 4.79 Å². The lowest BCUT2D eigenvalue weighted by Crippen LogP contribution is -2.43. The van der Waals surface area contributed by atoms with Gasteiger partial charge in [-0.05, 0) is 31.5 Å². The van der Waals surface area contributed by atoms with Gasteiger partial charge in [0.1, 0.15) is 6.04 Å². The number of carbonyl (C=O) groups excluding carboxylic acids is 1. The molecule has 0 bridgehead atoms. The van der Waals surface area contributed by atoms with Gasteiger partial charge >= 0.3 is 0 Å². The number of para-hydroxylation sites is 1. The topological polar surface area (TPSA) is 58.4 Å². The van der Waals surface area contributed by atoms with Gasteiger partial charge in [0.2, 0.25) is 5.91 Å². The number of carbonyl (C=O) groups is 1. The standard InChI is InChI=1S/C19H25N3O/c1-14-9-11-16(12-10-14)18(20)19(23)21-13-15(2)22(3)17-7-5-4-6-8-17/h4-12,15,18H,13,20H2,1-3H3,(H,21,23). The maximum absolute atomic E-state index is 12.2. The number of hydrogen-bond acceptors (Lipinski definition) is 3. The highest BCUT2D eigenvalue weighted by atomic mass is 16.2. The fourth-order valence-corrected chi connectivity index (χ4v) is 2.34. The third-order valence-corrected chi connectivity index (χ3v) is 4.12. The molecule has 0 heterocycles. The summed E-state index contributed by atoms with van der Waals surface area (Å²) in [4.78, 5) is 14.4. The third kappa shape index (κ3) is 4.57. The number of rotatable bonds is 6. The number of nitrogens with one attached hydrogen (secondary N) is 1. The van der Waals surface area contributed by atoms with Crippen molar-refractivity contribution in [3.63, 3.8) is 0 Å². The first-order valence-electron chi connectivity index (χ1n) is 7.87. The van der Waals surface area contributed by atoms with Crippen molar-refractivity contribution in [3.8, 4) is 0 Å². The molecule has 3 N–H and O–H groups in total. The fourth-order valence-electron chi connectivity index (χ4n) is 2.34. The zero-order chi connectivity index (χ0) is 16.8. The van der Waals surface area contributed by atoms with Crippen LogP contribution in [0.2, 0.25) is 0 Å². The van der Waals surface area contributed by atoms with Gasteiger partial charge in [0.05, 0.1) is 0 Å². The first-order valence-corrected chi connectivity index (χ1v) is 7.87. The van der Waals surface area contributed by atoms with Crippen molar-refractivity contribution in [1.82, 2.24) is 5.32 Å². The largest absolute Gasteiger partial charge is 0.370 e. The van der Waals surface area contributed by atoms with Crippen molar-refractivity contribution in [1.29, 1.82) is 0 Å². The zero-order valence-electron chi connectivity index (χ0n) is 14.0. The number of likely N-dealkylation sites (N-methyl/N-ethyl adjacent to an activating group) is 1. The minimum atomic E-state index is -0.634. The van der Waals surface area contributed by atoms with Crippen molar-refractivity contribution in [2.75, 3.05) is 18.5 Å². The van der Waals surface area contributed by atoms with E-state index < -0.39 is 6.04 Å². The molecule has 1 amide bonds. The van der Waals surface area contributed by atoms with E-state index in [-0.39, 0.29) is 11.9 Å².